The Morgan fingerprint density at radius 1 is 1.44 bits per heavy atom. The van der Waals surface area contributed by atoms with Crippen LogP contribution >= 0.6 is 0 Å². The minimum atomic E-state index is -0.109. The van der Waals surface area contributed by atoms with Crippen LogP contribution < -0.4 is 16.9 Å². The molecule has 1 fully saturated rings. The molecule has 1 aromatic heterocycles. The number of fused-ring (bicyclic) bond motifs is 1. The van der Waals surface area contributed by atoms with Gasteiger partial charge in [-0.3, -0.25) is 4.79 Å². The van der Waals surface area contributed by atoms with Gasteiger partial charge in [0, 0.05) is 37.9 Å². The summed E-state index contributed by atoms with van der Waals surface area (Å²) in [5.41, 5.74) is 7.46. The van der Waals surface area contributed by atoms with E-state index in [1.54, 1.807) is 19.4 Å². The predicted molar refractivity (Wildman–Crippen MR) is 106 cm³/mol. The maximum Gasteiger partial charge on any atom is 0.228 e. The van der Waals surface area contributed by atoms with E-state index in [-0.39, 0.29) is 12.0 Å². The van der Waals surface area contributed by atoms with Gasteiger partial charge < -0.3 is 25.7 Å². The van der Waals surface area contributed by atoms with Gasteiger partial charge in [0.25, 0.3) is 0 Å². The number of ether oxygens (including phenoxy) is 1. The lowest BCUT2D eigenvalue weighted by atomic mass is 10.1. The zero-order chi connectivity index (χ0) is 19.4. The lowest BCUT2D eigenvalue weighted by Crippen LogP contribution is -2.41. The molecular formula is C19H26N6O2. The Labute approximate surface area is 158 Å². The fraction of sp³-hybridized carbons (Fsp3) is 0.368. The quantitative estimate of drug-likeness (QED) is 0.531. The van der Waals surface area contributed by atoms with Crippen molar-refractivity contribution in [2.75, 3.05) is 39.1 Å². The number of nitrogens with zero attached hydrogens (tertiary/aromatic N) is 3. The summed E-state index contributed by atoms with van der Waals surface area (Å²) in [6, 6.07) is 7.63. The Balaban J connectivity index is 1.72. The number of nitrogens with two attached hydrogens (primary N) is 2. The van der Waals surface area contributed by atoms with Gasteiger partial charge in [0.1, 0.15) is 5.82 Å². The second-order valence-corrected chi connectivity index (χ2v) is 6.89. The molecule has 5 N–H and O–H groups in total. The van der Waals surface area contributed by atoms with Crippen LogP contribution in [-0.4, -0.2) is 60.7 Å². The lowest BCUT2D eigenvalue weighted by Gasteiger charge is -2.29. The van der Waals surface area contributed by atoms with Crippen molar-refractivity contribution >= 4 is 28.2 Å². The minimum absolute atomic E-state index is 0.0889. The van der Waals surface area contributed by atoms with Gasteiger partial charge >= 0.3 is 0 Å². The number of anilines is 1. The van der Waals surface area contributed by atoms with Crippen LogP contribution in [0.5, 0.6) is 0 Å². The maximum absolute atomic E-state index is 12.3. The van der Waals surface area contributed by atoms with E-state index in [1.807, 2.05) is 31.3 Å². The zero-order valence-electron chi connectivity index (χ0n) is 15.7. The smallest absolute Gasteiger partial charge is 0.228 e. The van der Waals surface area contributed by atoms with Gasteiger partial charge in [-0.05, 0) is 30.1 Å². The molecule has 3 rings (SSSR count). The number of carbonyl (C=O) groups excluding carboxylic acids is 1. The molecule has 1 aromatic carbocycles. The predicted octanol–water partition coefficient (Wildman–Crippen LogP) is 0.957. The first-order chi connectivity index (χ1) is 12.9. The number of likely N-dealkylation sites (N-methyl/N-ethyl adjacent to an activating group) is 1. The number of nitrogens with one attached hydrogen (secondary N) is 1. The average molecular weight is 370 g/mol. The largest absolute Gasteiger partial charge is 0.397 e. The number of hydrogen-bond donors (Lipinski definition) is 3. The van der Waals surface area contributed by atoms with Crippen molar-refractivity contribution in [2.45, 2.75) is 12.5 Å². The molecule has 8 heteroatoms. The van der Waals surface area contributed by atoms with Gasteiger partial charge in [0.2, 0.25) is 5.91 Å². The molecule has 0 aliphatic carbocycles. The first-order valence-corrected chi connectivity index (χ1v) is 8.86. The monoisotopic (exact) mass is 370 g/mol. The fourth-order valence-electron chi connectivity index (χ4n) is 3.07. The fourth-order valence-corrected chi connectivity index (χ4v) is 3.07. The molecule has 1 aliphatic heterocycles. The highest BCUT2D eigenvalue weighted by Crippen LogP contribution is 2.21. The summed E-state index contributed by atoms with van der Waals surface area (Å²) < 4.78 is 5.64. The van der Waals surface area contributed by atoms with Crippen molar-refractivity contribution in [3.8, 4) is 0 Å². The van der Waals surface area contributed by atoms with Crippen molar-refractivity contribution in [3.05, 3.63) is 42.2 Å². The van der Waals surface area contributed by atoms with E-state index < -0.39 is 0 Å². The Kier molecular flexibility index (Phi) is 5.90. The van der Waals surface area contributed by atoms with Crippen LogP contribution in [0, 0.1) is 0 Å². The molecule has 0 saturated carbocycles. The van der Waals surface area contributed by atoms with E-state index in [0.29, 0.717) is 24.5 Å². The van der Waals surface area contributed by atoms with Crippen molar-refractivity contribution in [1.82, 2.24) is 14.9 Å². The second-order valence-electron chi connectivity index (χ2n) is 6.89. The summed E-state index contributed by atoms with van der Waals surface area (Å²) in [7, 11) is 3.73. The summed E-state index contributed by atoms with van der Waals surface area (Å²) in [5, 5.41) is 6.15. The number of benzene rings is 1. The summed E-state index contributed by atoms with van der Waals surface area (Å²) in [6.07, 6.45) is 3.60. The third kappa shape index (κ3) is 5.16. The standard InChI is InChI=1S/C19H26N6O2/c1-24-5-6-27-16(11-24)9-19(26)23-18-8-15-7-13(17(20)12-25(2)21)3-4-14(15)10-22-18/h3-4,7-8,10,12,16H,5-6,9,11,20-21H2,1-2H3,(H,22,23,26)/b17-12-. The van der Waals surface area contributed by atoms with E-state index in [4.69, 9.17) is 16.3 Å². The van der Waals surface area contributed by atoms with E-state index in [0.717, 1.165) is 29.4 Å². The summed E-state index contributed by atoms with van der Waals surface area (Å²) >= 11 is 0. The van der Waals surface area contributed by atoms with E-state index in [9.17, 15) is 4.79 Å². The van der Waals surface area contributed by atoms with Crippen LogP contribution in [0.3, 0.4) is 0 Å². The SMILES string of the molecule is CN(N)/C=C(\N)c1ccc2cnc(NC(=O)CC3CN(C)CCO3)cc2c1. The van der Waals surface area contributed by atoms with Gasteiger partial charge in [0.05, 0.1) is 24.8 Å². The van der Waals surface area contributed by atoms with Gasteiger partial charge in [-0.25, -0.2) is 10.8 Å². The topological polar surface area (TPSA) is 110 Å². The molecule has 0 spiro atoms. The summed E-state index contributed by atoms with van der Waals surface area (Å²) in [4.78, 5) is 18.8. The third-order valence-electron chi connectivity index (χ3n) is 4.42. The van der Waals surface area contributed by atoms with Crippen molar-refractivity contribution in [1.29, 1.82) is 0 Å². The minimum Gasteiger partial charge on any atom is -0.397 e. The third-order valence-corrected chi connectivity index (χ3v) is 4.42. The van der Waals surface area contributed by atoms with Crippen LogP contribution in [0.1, 0.15) is 12.0 Å². The first-order valence-electron chi connectivity index (χ1n) is 8.86. The van der Waals surface area contributed by atoms with Gasteiger partial charge in [-0.15, -0.1) is 0 Å². The van der Waals surface area contributed by atoms with Crippen LogP contribution in [0.15, 0.2) is 36.7 Å². The number of carbonyl (C=O) groups is 1. The molecule has 8 nitrogen and oxygen atoms in total. The van der Waals surface area contributed by atoms with Gasteiger partial charge in [-0.1, -0.05) is 12.1 Å². The normalized spacial score (nSPS) is 18.5. The van der Waals surface area contributed by atoms with Crippen molar-refractivity contribution in [3.63, 3.8) is 0 Å². The molecule has 27 heavy (non-hydrogen) atoms. The van der Waals surface area contributed by atoms with E-state index >= 15 is 0 Å². The zero-order valence-corrected chi connectivity index (χ0v) is 15.7. The van der Waals surface area contributed by atoms with E-state index in [2.05, 4.69) is 15.2 Å². The first kappa shape index (κ1) is 19.1. The highest BCUT2D eigenvalue weighted by molar-refractivity contribution is 5.93. The van der Waals surface area contributed by atoms with Gasteiger partial charge in [0.15, 0.2) is 0 Å². The maximum atomic E-state index is 12.3. The number of hydrogen-bond acceptors (Lipinski definition) is 7. The number of pyridine rings is 1. The van der Waals surface area contributed by atoms with Crippen molar-refractivity contribution in [2.24, 2.45) is 11.6 Å². The number of morpholine rings is 1. The van der Waals surface area contributed by atoms with E-state index in [1.165, 1.54) is 5.01 Å². The number of hydrazine groups is 1. The number of amides is 1. The Bertz CT molecular complexity index is 851. The number of rotatable bonds is 5. The molecule has 1 amide bonds. The molecule has 2 heterocycles. The Morgan fingerprint density at radius 2 is 2.26 bits per heavy atom. The van der Waals surface area contributed by atoms with Crippen LogP contribution in [0.25, 0.3) is 16.5 Å². The highest BCUT2D eigenvalue weighted by Gasteiger charge is 2.20. The van der Waals surface area contributed by atoms with Crippen LogP contribution in [-0.2, 0) is 9.53 Å². The molecule has 1 aliphatic rings. The molecule has 0 radical (unpaired) electrons. The Morgan fingerprint density at radius 3 is 3.00 bits per heavy atom. The average Bonchev–Trinajstić information content (AvgIpc) is 2.60. The Hall–Kier alpha value is -2.68. The molecular weight excluding hydrogens is 344 g/mol. The molecule has 144 valence electrons. The number of aromatic nitrogens is 1. The molecule has 2 aromatic rings. The van der Waals surface area contributed by atoms with Crippen LogP contribution in [0.4, 0.5) is 5.82 Å². The van der Waals surface area contributed by atoms with Crippen molar-refractivity contribution < 1.29 is 9.53 Å². The molecule has 0 bridgehead atoms. The molecule has 1 atom stereocenters. The second kappa shape index (κ2) is 8.34. The highest BCUT2D eigenvalue weighted by atomic mass is 16.5. The van der Waals surface area contributed by atoms with Gasteiger partial charge in [-0.2, -0.15) is 0 Å². The summed E-state index contributed by atoms with van der Waals surface area (Å²) in [6.45, 7) is 2.30. The molecule has 1 unspecified atom stereocenters. The lowest BCUT2D eigenvalue weighted by molar-refractivity contribution is -0.120. The molecule has 1 saturated heterocycles. The van der Waals surface area contributed by atoms with Crippen LogP contribution in [0.2, 0.25) is 0 Å². The summed E-state index contributed by atoms with van der Waals surface area (Å²) in [5.74, 6) is 6.01.